The minimum atomic E-state index is -0.203. The summed E-state index contributed by atoms with van der Waals surface area (Å²) < 4.78 is 1.43. The Balaban J connectivity index is 2.41. The van der Waals surface area contributed by atoms with Crippen LogP contribution in [0.4, 0.5) is 0 Å². The SMILES string of the molecule is NCc1nc2ccccc2c(=O)n1-c1ccc(Cl)cc1Cl. The zero-order valence-electron chi connectivity index (χ0n) is 10.9. The average Bonchev–Trinajstić information content (AvgIpc) is 2.48. The van der Waals surface area contributed by atoms with E-state index < -0.39 is 0 Å². The number of hydrogen-bond acceptors (Lipinski definition) is 3. The number of nitrogens with two attached hydrogens (primary N) is 1. The van der Waals surface area contributed by atoms with E-state index >= 15 is 0 Å². The van der Waals surface area contributed by atoms with Crippen molar-refractivity contribution in [3.63, 3.8) is 0 Å². The molecular weight excluding hydrogens is 309 g/mol. The van der Waals surface area contributed by atoms with Gasteiger partial charge in [-0.2, -0.15) is 0 Å². The average molecular weight is 320 g/mol. The molecule has 0 fully saturated rings. The molecule has 0 aliphatic rings. The second-order valence-electron chi connectivity index (χ2n) is 4.49. The van der Waals surface area contributed by atoms with E-state index in [1.807, 2.05) is 6.07 Å². The summed E-state index contributed by atoms with van der Waals surface area (Å²) in [6.45, 7) is 0.124. The summed E-state index contributed by atoms with van der Waals surface area (Å²) in [4.78, 5) is 17.2. The van der Waals surface area contributed by atoms with Crippen LogP contribution in [0.1, 0.15) is 5.82 Å². The van der Waals surface area contributed by atoms with Crippen molar-refractivity contribution in [2.75, 3.05) is 0 Å². The van der Waals surface area contributed by atoms with E-state index in [9.17, 15) is 4.79 Å². The van der Waals surface area contributed by atoms with Gasteiger partial charge in [0.25, 0.3) is 5.56 Å². The first-order valence-corrected chi connectivity index (χ1v) is 7.03. The van der Waals surface area contributed by atoms with Gasteiger partial charge in [0.2, 0.25) is 0 Å². The lowest BCUT2D eigenvalue weighted by atomic mass is 10.2. The van der Waals surface area contributed by atoms with Crippen LogP contribution in [-0.4, -0.2) is 9.55 Å². The Morgan fingerprint density at radius 1 is 1.14 bits per heavy atom. The number of aromatic nitrogens is 2. The van der Waals surface area contributed by atoms with Crippen molar-refractivity contribution in [1.82, 2.24) is 9.55 Å². The smallest absolute Gasteiger partial charge is 0.266 e. The van der Waals surface area contributed by atoms with Gasteiger partial charge in [-0.1, -0.05) is 35.3 Å². The Hall–Kier alpha value is -1.88. The molecule has 0 saturated heterocycles. The van der Waals surface area contributed by atoms with Crippen LogP contribution in [0.25, 0.3) is 16.6 Å². The van der Waals surface area contributed by atoms with Gasteiger partial charge >= 0.3 is 0 Å². The predicted octanol–water partition coefficient (Wildman–Crippen LogP) is 3.15. The van der Waals surface area contributed by atoms with Crippen LogP contribution in [0.3, 0.4) is 0 Å². The molecule has 0 atom stereocenters. The van der Waals surface area contributed by atoms with Crippen LogP contribution < -0.4 is 11.3 Å². The fraction of sp³-hybridized carbons (Fsp3) is 0.0667. The minimum absolute atomic E-state index is 0.124. The molecule has 0 aliphatic heterocycles. The Kier molecular flexibility index (Phi) is 3.68. The molecule has 2 N–H and O–H groups in total. The molecular formula is C15H11Cl2N3O. The van der Waals surface area contributed by atoms with Crippen LogP contribution in [0.5, 0.6) is 0 Å². The fourth-order valence-electron chi connectivity index (χ4n) is 2.23. The van der Waals surface area contributed by atoms with Gasteiger partial charge in [-0.05, 0) is 30.3 Å². The normalized spacial score (nSPS) is 11.0. The quantitative estimate of drug-likeness (QED) is 0.789. The lowest BCUT2D eigenvalue weighted by Gasteiger charge is -2.13. The summed E-state index contributed by atoms with van der Waals surface area (Å²) >= 11 is 12.1. The molecule has 0 radical (unpaired) electrons. The van der Waals surface area contributed by atoms with Crippen molar-refractivity contribution >= 4 is 34.1 Å². The first-order valence-electron chi connectivity index (χ1n) is 6.28. The van der Waals surface area contributed by atoms with Crippen molar-refractivity contribution in [2.45, 2.75) is 6.54 Å². The van der Waals surface area contributed by atoms with Gasteiger partial charge in [0, 0.05) is 5.02 Å². The highest BCUT2D eigenvalue weighted by molar-refractivity contribution is 6.35. The summed E-state index contributed by atoms with van der Waals surface area (Å²) in [6.07, 6.45) is 0. The number of benzene rings is 2. The molecule has 4 nitrogen and oxygen atoms in total. The van der Waals surface area contributed by atoms with Crippen molar-refractivity contribution in [3.8, 4) is 5.69 Å². The molecule has 0 amide bonds. The predicted molar refractivity (Wildman–Crippen MR) is 85.3 cm³/mol. The maximum Gasteiger partial charge on any atom is 0.266 e. The van der Waals surface area contributed by atoms with E-state index in [0.717, 1.165) is 0 Å². The lowest BCUT2D eigenvalue weighted by molar-refractivity contribution is 0.816. The number of fused-ring (bicyclic) bond motifs is 1. The second kappa shape index (κ2) is 5.48. The lowest BCUT2D eigenvalue weighted by Crippen LogP contribution is -2.25. The fourth-order valence-corrected chi connectivity index (χ4v) is 2.72. The Morgan fingerprint density at radius 3 is 2.62 bits per heavy atom. The highest BCUT2D eigenvalue weighted by Gasteiger charge is 2.14. The topological polar surface area (TPSA) is 60.9 Å². The first-order chi connectivity index (χ1) is 10.1. The Morgan fingerprint density at radius 2 is 1.90 bits per heavy atom. The van der Waals surface area contributed by atoms with E-state index in [0.29, 0.717) is 32.5 Å². The molecule has 0 spiro atoms. The van der Waals surface area contributed by atoms with Gasteiger partial charge in [-0.25, -0.2) is 4.98 Å². The van der Waals surface area contributed by atoms with Crippen LogP contribution in [0.15, 0.2) is 47.3 Å². The Labute approximate surface area is 130 Å². The third-order valence-corrected chi connectivity index (χ3v) is 3.72. The first kappa shape index (κ1) is 14.1. The summed E-state index contributed by atoms with van der Waals surface area (Å²) in [5.74, 6) is 0.447. The third-order valence-electron chi connectivity index (χ3n) is 3.18. The number of rotatable bonds is 2. The number of para-hydroxylation sites is 1. The van der Waals surface area contributed by atoms with Crippen LogP contribution in [0.2, 0.25) is 10.0 Å². The molecule has 0 unspecified atom stereocenters. The molecule has 1 aromatic heterocycles. The van der Waals surface area contributed by atoms with Gasteiger partial charge in [0.05, 0.1) is 28.2 Å². The Bertz CT molecular complexity index is 890. The van der Waals surface area contributed by atoms with Crippen LogP contribution in [0, 0.1) is 0 Å². The molecule has 0 aliphatic carbocycles. The standard InChI is InChI=1S/C15H11Cl2N3O/c16-9-5-6-13(11(17)7-9)20-14(8-18)19-12-4-2-1-3-10(12)15(20)21/h1-7H,8,18H2. The largest absolute Gasteiger partial charge is 0.324 e. The zero-order chi connectivity index (χ0) is 15.0. The molecule has 0 saturated carbocycles. The van der Waals surface area contributed by atoms with E-state index in [4.69, 9.17) is 28.9 Å². The van der Waals surface area contributed by atoms with Crippen LogP contribution in [-0.2, 0) is 6.54 Å². The summed E-state index contributed by atoms with van der Waals surface area (Å²) in [6, 6.07) is 12.1. The van der Waals surface area contributed by atoms with Crippen molar-refractivity contribution in [2.24, 2.45) is 5.73 Å². The number of halogens is 2. The van der Waals surface area contributed by atoms with E-state index in [-0.39, 0.29) is 12.1 Å². The number of hydrogen-bond donors (Lipinski definition) is 1. The maximum atomic E-state index is 12.7. The third kappa shape index (κ3) is 2.42. The molecule has 2 aromatic carbocycles. The summed E-state index contributed by atoms with van der Waals surface area (Å²) in [5.41, 5.74) is 6.67. The van der Waals surface area contributed by atoms with Crippen LogP contribution >= 0.6 is 23.2 Å². The monoisotopic (exact) mass is 319 g/mol. The zero-order valence-corrected chi connectivity index (χ0v) is 12.4. The van der Waals surface area contributed by atoms with E-state index in [2.05, 4.69) is 4.98 Å². The maximum absolute atomic E-state index is 12.7. The van der Waals surface area contributed by atoms with Crippen molar-refractivity contribution in [3.05, 3.63) is 68.7 Å². The van der Waals surface area contributed by atoms with Gasteiger partial charge in [-0.15, -0.1) is 0 Å². The summed E-state index contributed by atoms with van der Waals surface area (Å²) in [5, 5.41) is 1.39. The van der Waals surface area contributed by atoms with Gasteiger partial charge in [0.1, 0.15) is 5.82 Å². The number of nitrogens with zero attached hydrogens (tertiary/aromatic N) is 2. The summed E-state index contributed by atoms with van der Waals surface area (Å²) in [7, 11) is 0. The van der Waals surface area contributed by atoms with Gasteiger partial charge < -0.3 is 5.73 Å². The second-order valence-corrected chi connectivity index (χ2v) is 5.33. The molecule has 3 aromatic rings. The highest BCUT2D eigenvalue weighted by Crippen LogP contribution is 2.24. The molecule has 21 heavy (non-hydrogen) atoms. The van der Waals surface area contributed by atoms with Gasteiger partial charge in [-0.3, -0.25) is 9.36 Å². The minimum Gasteiger partial charge on any atom is -0.324 e. The van der Waals surface area contributed by atoms with Crippen molar-refractivity contribution < 1.29 is 0 Å². The molecule has 106 valence electrons. The highest BCUT2D eigenvalue weighted by atomic mass is 35.5. The van der Waals surface area contributed by atoms with Gasteiger partial charge in [0.15, 0.2) is 0 Å². The molecule has 1 heterocycles. The van der Waals surface area contributed by atoms with E-state index in [1.165, 1.54) is 4.57 Å². The molecule has 0 bridgehead atoms. The van der Waals surface area contributed by atoms with Crippen molar-refractivity contribution in [1.29, 1.82) is 0 Å². The molecule has 3 rings (SSSR count). The van der Waals surface area contributed by atoms with E-state index in [1.54, 1.807) is 36.4 Å². The molecule has 6 heteroatoms.